The maximum Gasteiger partial charge on any atom is 0.327 e. The molecule has 1 fully saturated rings. The highest BCUT2D eigenvalue weighted by Gasteiger charge is 2.35. The van der Waals surface area contributed by atoms with Crippen LogP contribution in [0.15, 0.2) is 0 Å². The van der Waals surface area contributed by atoms with Crippen molar-refractivity contribution in [1.82, 2.24) is 15.1 Å². The molecular formula is C27H52N4O3. The lowest BCUT2D eigenvalue weighted by atomic mass is 10.0. The van der Waals surface area contributed by atoms with Gasteiger partial charge in [-0.1, -0.05) is 90.4 Å². The summed E-state index contributed by atoms with van der Waals surface area (Å²) in [5.41, 5.74) is 5.61. The molecule has 7 heteroatoms. The maximum atomic E-state index is 12.5. The highest BCUT2D eigenvalue weighted by Crippen LogP contribution is 2.14. The van der Waals surface area contributed by atoms with Gasteiger partial charge in [0.25, 0.3) is 0 Å². The van der Waals surface area contributed by atoms with E-state index in [1.165, 1.54) is 75.5 Å². The fourth-order valence-electron chi connectivity index (χ4n) is 4.66. The highest BCUT2D eigenvalue weighted by molar-refractivity contribution is 6.01. The molecule has 0 bridgehead atoms. The number of urea groups is 1. The van der Waals surface area contributed by atoms with E-state index in [0.717, 1.165) is 32.1 Å². The molecule has 198 valence electrons. The normalized spacial score (nSPS) is 14.8. The first-order chi connectivity index (χ1) is 16.5. The third-order valence-electron chi connectivity index (χ3n) is 6.76. The second-order valence-electron chi connectivity index (χ2n) is 9.84. The van der Waals surface area contributed by atoms with Crippen molar-refractivity contribution in [2.45, 2.75) is 129 Å². The Labute approximate surface area is 208 Å². The van der Waals surface area contributed by atoms with Crippen molar-refractivity contribution < 1.29 is 14.4 Å². The molecule has 34 heavy (non-hydrogen) atoms. The third kappa shape index (κ3) is 13.3. The molecule has 0 saturated carbocycles. The van der Waals surface area contributed by atoms with Crippen LogP contribution in [0.1, 0.15) is 123 Å². The zero-order valence-corrected chi connectivity index (χ0v) is 22.1. The van der Waals surface area contributed by atoms with Crippen molar-refractivity contribution in [3.05, 3.63) is 0 Å². The SMILES string of the molecule is CCCCCCCCCCCCCCCC(=O)N[C@@H](CCCCN)CN1CC(=O)N(CC)C1=O. The van der Waals surface area contributed by atoms with Gasteiger partial charge in [0.1, 0.15) is 6.54 Å². The number of carbonyl (C=O) groups excluding carboxylic acids is 3. The van der Waals surface area contributed by atoms with Crippen LogP contribution in [-0.2, 0) is 9.59 Å². The zero-order valence-electron chi connectivity index (χ0n) is 22.1. The van der Waals surface area contributed by atoms with Gasteiger partial charge in [0.15, 0.2) is 0 Å². The minimum Gasteiger partial charge on any atom is -0.352 e. The van der Waals surface area contributed by atoms with Gasteiger partial charge in [-0.25, -0.2) is 4.79 Å². The Bertz CT molecular complexity index is 570. The standard InChI is InChI=1S/C27H52N4O3/c1-3-5-6-7-8-9-10-11-12-13-14-15-16-20-25(32)29-24(19-17-18-21-28)22-30-23-26(33)31(4-2)27(30)34/h24H,3-23,28H2,1-2H3,(H,29,32)/t24-/m0/s1. The first-order valence-corrected chi connectivity index (χ1v) is 14.1. The Hall–Kier alpha value is -1.63. The van der Waals surface area contributed by atoms with Gasteiger partial charge < -0.3 is 16.0 Å². The summed E-state index contributed by atoms with van der Waals surface area (Å²) in [6.07, 6.45) is 19.8. The number of unbranched alkanes of at least 4 members (excludes halogenated alkanes) is 13. The smallest absolute Gasteiger partial charge is 0.327 e. The summed E-state index contributed by atoms with van der Waals surface area (Å²) in [7, 11) is 0. The van der Waals surface area contributed by atoms with Crippen molar-refractivity contribution in [2.24, 2.45) is 5.73 Å². The summed E-state index contributed by atoms with van der Waals surface area (Å²) >= 11 is 0. The van der Waals surface area contributed by atoms with E-state index in [0.29, 0.717) is 26.1 Å². The minimum atomic E-state index is -0.248. The van der Waals surface area contributed by atoms with Crippen LogP contribution in [0.4, 0.5) is 4.79 Å². The maximum absolute atomic E-state index is 12.5. The third-order valence-corrected chi connectivity index (χ3v) is 6.76. The van der Waals surface area contributed by atoms with Crippen LogP contribution >= 0.6 is 0 Å². The van der Waals surface area contributed by atoms with Crippen LogP contribution < -0.4 is 11.1 Å². The first kappa shape index (κ1) is 30.4. The molecule has 1 saturated heterocycles. The predicted molar refractivity (Wildman–Crippen MR) is 140 cm³/mol. The molecule has 1 atom stereocenters. The van der Waals surface area contributed by atoms with Crippen LogP contribution in [0.3, 0.4) is 0 Å². The summed E-state index contributed by atoms with van der Waals surface area (Å²) < 4.78 is 0. The Balaban J connectivity index is 2.17. The number of hydrogen-bond acceptors (Lipinski definition) is 4. The average molecular weight is 481 g/mol. The molecule has 0 aliphatic carbocycles. The van der Waals surface area contributed by atoms with E-state index in [-0.39, 0.29) is 30.4 Å². The lowest BCUT2D eigenvalue weighted by Gasteiger charge is -2.24. The van der Waals surface area contributed by atoms with E-state index >= 15 is 0 Å². The fourth-order valence-corrected chi connectivity index (χ4v) is 4.66. The second-order valence-corrected chi connectivity index (χ2v) is 9.84. The Morgan fingerprint density at radius 1 is 0.853 bits per heavy atom. The molecule has 0 aromatic rings. The summed E-state index contributed by atoms with van der Waals surface area (Å²) in [5.74, 6) is -0.113. The van der Waals surface area contributed by atoms with Gasteiger partial charge in [-0.05, 0) is 32.7 Å². The number of amides is 4. The van der Waals surface area contributed by atoms with Crippen molar-refractivity contribution >= 4 is 17.8 Å². The fraction of sp³-hybridized carbons (Fsp3) is 0.889. The number of hydrogen-bond donors (Lipinski definition) is 2. The van der Waals surface area contributed by atoms with E-state index in [2.05, 4.69) is 12.2 Å². The molecule has 0 aromatic carbocycles. The zero-order chi connectivity index (χ0) is 25.0. The summed E-state index contributed by atoms with van der Waals surface area (Å²) in [4.78, 5) is 39.7. The van der Waals surface area contributed by atoms with E-state index in [1.54, 1.807) is 11.8 Å². The quantitative estimate of drug-likeness (QED) is 0.161. The second kappa shape index (κ2) is 19.7. The average Bonchev–Trinajstić information content (AvgIpc) is 3.08. The molecule has 1 aliphatic rings. The van der Waals surface area contributed by atoms with Crippen LogP contribution in [-0.4, -0.2) is 59.9 Å². The topological polar surface area (TPSA) is 95.7 Å². The number of nitrogens with two attached hydrogens (primary N) is 1. The molecule has 1 heterocycles. The van der Waals surface area contributed by atoms with Crippen LogP contribution in [0.25, 0.3) is 0 Å². The summed E-state index contributed by atoms with van der Waals surface area (Å²) in [5, 5.41) is 3.11. The van der Waals surface area contributed by atoms with Gasteiger partial charge in [-0.15, -0.1) is 0 Å². The van der Waals surface area contributed by atoms with Crippen molar-refractivity contribution in [1.29, 1.82) is 0 Å². The molecule has 0 aromatic heterocycles. The molecular weight excluding hydrogens is 428 g/mol. The van der Waals surface area contributed by atoms with Gasteiger partial charge in [0.2, 0.25) is 11.8 Å². The molecule has 1 rings (SSSR count). The van der Waals surface area contributed by atoms with E-state index < -0.39 is 0 Å². The number of nitrogens with one attached hydrogen (secondary N) is 1. The Morgan fingerprint density at radius 2 is 1.41 bits per heavy atom. The van der Waals surface area contributed by atoms with Gasteiger partial charge in [0.05, 0.1) is 0 Å². The summed E-state index contributed by atoms with van der Waals surface area (Å²) in [6.45, 7) is 5.55. The van der Waals surface area contributed by atoms with Gasteiger partial charge >= 0.3 is 6.03 Å². The Kier molecular flexibility index (Phi) is 17.6. The number of likely N-dealkylation sites (N-methyl/N-ethyl adjacent to an activating group) is 1. The van der Waals surface area contributed by atoms with E-state index in [1.807, 2.05) is 0 Å². The Morgan fingerprint density at radius 3 is 1.91 bits per heavy atom. The van der Waals surface area contributed by atoms with Gasteiger partial charge in [-0.3, -0.25) is 14.5 Å². The van der Waals surface area contributed by atoms with Crippen LogP contribution in [0, 0.1) is 0 Å². The molecule has 3 N–H and O–H groups in total. The molecule has 0 unspecified atom stereocenters. The summed E-state index contributed by atoms with van der Waals surface area (Å²) in [6, 6.07) is -0.378. The number of rotatable bonds is 22. The lowest BCUT2D eigenvalue weighted by Crippen LogP contribution is -2.45. The van der Waals surface area contributed by atoms with Crippen LogP contribution in [0.2, 0.25) is 0 Å². The molecule has 0 spiro atoms. The van der Waals surface area contributed by atoms with Crippen LogP contribution in [0.5, 0.6) is 0 Å². The van der Waals surface area contributed by atoms with Crippen molar-refractivity contribution in [2.75, 3.05) is 26.2 Å². The van der Waals surface area contributed by atoms with Gasteiger partial charge in [0, 0.05) is 25.6 Å². The van der Waals surface area contributed by atoms with Crippen molar-refractivity contribution in [3.63, 3.8) is 0 Å². The minimum absolute atomic E-state index is 0.0474. The highest BCUT2D eigenvalue weighted by atomic mass is 16.2. The monoisotopic (exact) mass is 480 g/mol. The molecule has 4 amide bonds. The number of nitrogens with zero attached hydrogens (tertiary/aromatic N) is 2. The van der Waals surface area contributed by atoms with E-state index in [4.69, 9.17) is 5.73 Å². The molecule has 1 aliphatic heterocycles. The van der Waals surface area contributed by atoms with Crippen molar-refractivity contribution in [3.8, 4) is 0 Å². The van der Waals surface area contributed by atoms with Gasteiger partial charge in [-0.2, -0.15) is 0 Å². The van der Waals surface area contributed by atoms with E-state index in [9.17, 15) is 14.4 Å². The number of imide groups is 1. The molecule has 0 radical (unpaired) electrons. The lowest BCUT2D eigenvalue weighted by molar-refractivity contribution is -0.125. The largest absolute Gasteiger partial charge is 0.352 e. The molecule has 7 nitrogen and oxygen atoms in total. The number of carbonyl (C=O) groups is 3. The predicted octanol–water partition coefficient (Wildman–Crippen LogP) is 5.37. The first-order valence-electron chi connectivity index (χ1n) is 14.1.